The molecule has 1 aliphatic heterocycles. The van der Waals surface area contributed by atoms with Gasteiger partial charge in [-0.15, -0.1) is 0 Å². The van der Waals surface area contributed by atoms with Gasteiger partial charge in [0.2, 0.25) is 0 Å². The molecule has 1 aliphatic rings. The maximum Gasteiger partial charge on any atom is 0.300 e. The van der Waals surface area contributed by atoms with Gasteiger partial charge in [0.05, 0.1) is 11.6 Å². The second-order valence-corrected chi connectivity index (χ2v) is 7.92. The van der Waals surface area contributed by atoms with Gasteiger partial charge < -0.3 is 10.0 Å². The third-order valence-corrected chi connectivity index (χ3v) is 5.72. The van der Waals surface area contributed by atoms with Gasteiger partial charge in [-0.2, -0.15) is 0 Å². The molecule has 1 N–H and O–H groups in total. The minimum absolute atomic E-state index is 0.0592. The number of aromatic nitrogens is 1. The highest BCUT2D eigenvalue weighted by atomic mass is 16.3. The molecule has 2 heterocycles. The number of carbonyl (C=O) groups excluding carboxylic acids is 2. The fourth-order valence-corrected chi connectivity index (χ4v) is 3.92. The normalized spacial score (nSPS) is 17.6. The summed E-state index contributed by atoms with van der Waals surface area (Å²) in [5.41, 5.74) is 3.87. The fraction of sp³-hybridized carbons (Fsp3) is 0.192. The number of rotatable bonds is 5. The van der Waals surface area contributed by atoms with Crippen LogP contribution in [0.3, 0.4) is 0 Å². The molecule has 2 aromatic carbocycles. The van der Waals surface area contributed by atoms with E-state index in [2.05, 4.69) is 4.98 Å². The Morgan fingerprint density at radius 2 is 1.72 bits per heavy atom. The van der Waals surface area contributed by atoms with E-state index in [4.69, 9.17) is 0 Å². The lowest BCUT2D eigenvalue weighted by molar-refractivity contribution is -0.132. The molecule has 1 atom stereocenters. The minimum atomic E-state index is -0.778. The Bertz CT molecular complexity index is 1170. The number of pyridine rings is 1. The van der Waals surface area contributed by atoms with Crippen molar-refractivity contribution in [1.29, 1.82) is 0 Å². The van der Waals surface area contributed by atoms with Crippen molar-refractivity contribution in [2.45, 2.75) is 19.4 Å². The predicted octanol–water partition coefficient (Wildman–Crippen LogP) is 4.34. The van der Waals surface area contributed by atoms with E-state index in [1.807, 2.05) is 50.2 Å². The van der Waals surface area contributed by atoms with Gasteiger partial charge in [-0.3, -0.25) is 19.5 Å². The molecule has 3 aromatic rings. The van der Waals surface area contributed by atoms with E-state index in [-0.39, 0.29) is 11.3 Å². The van der Waals surface area contributed by atoms with Crippen LogP contribution in [0.15, 0.2) is 78.6 Å². The number of carbonyl (C=O) groups is 2. The highest BCUT2D eigenvalue weighted by Crippen LogP contribution is 2.42. The van der Waals surface area contributed by atoms with E-state index < -0.39 is 17.7 Å². The summed E-state index contributed by atoms with van der Waals surface area (Å²) in [7, 11) is 3.86. The van der Waals surface area contributed by atoms with E-state index in [9.17, 15) is 14.7 Å². The zero-order chi connectivity index (χ0) is 22.8. The molecule has 1 amide bonds. The highest BCUT2D eigenvalue weighted by Gasteiger charge is 2.47. The molecule has 1 saturated heterocycles. The lowest BCUT2D eigenvalue weighted by atomic mass is 9.95. The van der Waals surface area contributed by atoms with Gasteiger partial charge in [0, 0.05) is 43.4 Å². The monoisotopic (exact) mass is 427 g/mol. The Morgan fingerprint density at radius 1 is 1.03 bits per heavy atom. The number of ketones is 1. The number of anilines is 2. The molecule has 1 unspecified atom stereocenters. The van der Waals surface area contributed by atoms with Gasteiger partial charge >= 0.3 is 0 Å². The number of hydrogen-bond donors (Lipinski definition) is 1. The molecule has 162 valence electrons. The van der Waals surface area contributed by atoms with Gasteiger partial charge in [-0.05, 0) is 47.9 Å². The van der Waals surface area contributed by atoms with Crippen molar-refractivity contribution >= 4 is 28.8 Å². The largest absolute Gasteiger partial charge is 0.507 e. The number of amides is 1. The van der Waals surface area contributed by atoms with Gasteiger partial charge in [-0.1, -0.05) is 37.3 Å². The number of hydrogen-bond acceptors (Lipinski definition) is 5. The maximum atomic E-state index is 13.2. The SMILES string of the molecule is CCc1ccc(/C(O)=C2\C(=O)C(=O)N(c3ccc(N(C)C)cc3)C2c2cccnc2)cc1. The molecule has 6 heteroatoms. The predicted molar refractivity (Wildman–Crippen MR) is 126 cm³/mol. The third kappa shape index (κ3) is 3.75. The molecular weight excluding hydrogens is 402 g/mol. The molecule has 0 spiro atoms. The molecule has 1 fully saturated rings. The smallest absolute Gasteiger partial charge is 0.300 e. The Hall–Kier alpha value is -3.93. The van der Waals surface area contributed by atoms with Crippen LogP contribution >= 0.6 is 0 Å². The molecular formula is C26H25N3O3. The fourth-order valence-electron chi connectivity index (χ4n) is 3.92. The summed E-state index contributed by atoms with van der Waals surface area (Å²) in [5.74, 6) is -1.58. The van der Waals surface area contributed by atoms with Crippen LogP contribution < -0.4 is 9.80 Å². The molecule has 32 heavy (non-hydrogen) atoms. The second kappa shape index (κ2) is 8.67. The quantitative estimate of drug-likeness (QED) is 0.373. The van der Waals surface area contributed by atoms with Crippen LogP contribution in [-0.2, 0) is 16.0 Å². The van der Waals surface area contributed by atoms with Crippen molar-refractivity contribution in [2.75, 3.05) is 23.9 Å². The molecule has 6 nitrogen and oxygen atoms in total. The summed E-state index contributed by atoms with van der Waals surface area (Å²) in [6.45, 7) is 2.05. The summed E-state index contributed by atoms with van der Waals surface area (Å²) >= 11 is 0. The van der Waals surface area contributed by atoms with E-state index in [1.54, 1.807) is 48.8 Å². The van der Waals surface area contributed by atoms with Gasteiger partial charge in [0.1, 0.15) is 5.76 Å². The third-order valence-electron chi connectivity index (χ3n) is 5.72. The van der Waals surface area contributed by atoms with E-state index in [0.717, 1.165) is 17.7 Å². The Kier molecular flexibility index (Phi) is 5.77. The van der Waals surface area contributed by atoms with Crippen molar-refractivity contribution in [2.24, 2.45) is 0 Å². The number of Topliss-reactive ketones (excluding diaryl/α,β-unsaturated/α-hetero) is 1. The maximum absolute atomic E-state index is 13.2. The van der Waals surface area contributed by atoms with Crippen LogP contribution in [0.1, 0.15) is 29.7 Å². The first-order chi connectivity index (χ1) is 15.4. The molecule has 1 aromatic heterocycles. The lowest BCUT2D eigenvalue weighted by Gasteiger charge is -2.25. The summed E-state index contributed by atoms with van der Waals surface area (Å²) < 4.78 is 0. The van der Waals surface area contributed by atoms with Crippen molar-refractivity contribution < 1.29 is 14.7 Å². The summed E-state index contributed by atoms with van der Waals surface area (Å²) in [4.78, 5) is 33.9. The minimum Gasteiger partial charge on any atom is -0.507 e. The van der Waals surface area contributed by atoms with Gasteiger partial charge in [0.25, 0.3) is 11.7 Å². The van der Waals surface area contributed by atoms with Crippen LogP contribution in [0.2, 0.25) is 0 Å². The van der Waals surface area contributed by atoms with E-state index >= 15 is 0 Å². The number of nitrogens with zero attached hydrogens (tertiary/aromatic N) is 3. The number of benzene rings is 2. The molecule has 0 bridgehead atoms. The molecule has 4 rings (SSSR count). The summed E-state index contributed by atoms with van der Waals surface area (Å²) in [6.07, 6.45) is 4.11. The lowest BCUT2D eigenvalue weighted by Crippen LogP contribution is -2.29. The topological polar surface area (TPSA) is 73.7 Å². The van der Waals surface area contributed by atoms with Crippen LogP contribution in [0.5, 0.6) is 0 Å². The first kappa shape index (κ1) is 21.3. The Labute approximate surface area is 187 Å². The molecule has 0 aliphatic carbocycles. The standard InChI is InChI=1S/C26H25N3O3/c1-4-17-7-9-18(10-8-17)24(30)22-23(19-6-5-15-27-16-19)29(26(32)25(22)31)21-13-11-20(12-14-21)28(2)3/h5-16,23,30H,4H2,1-3H3/b24-22+. The molecule has 0 saturated carbocycles. The van der Waals surface area contributed by atoms with E-state index in [1.165, 1.54) is 4.90 Å². The average Bonchev–Trinajstić information content (AvgIpc) is 3.09. The molecule has 0 radical (unpaired) electrons. The first-order valence-electron chi connectivity index (χ1n) is 10.5. The number of aliphatic hydroxyl groups excluding tert-OH is 1. The Balaban J connectivity index is 1.87. The van der Waals surface area contributed by atoms with Crippen molar-refractivity contribution in [3.8, 4) is 0 Å². The average molecular weight is 428 g/mol. The second-order valence-electron chi connectivity index (χ2n) is 7.92. The van der Waals surface area contributed by atoms with Crippen molar-refractivity contribution in [3.05, 3.63) is 95.3 Å². The van der Waals surface area contributed by atoms with Crippen LogP contribution in [0.25, 0.3) is 5.76 Å². The zero-order valence-electron chi connectivity index (χ0n) is 18.3. The first-order valence-corrected chi connectivity index (χ1v) is 10.5. The van der Waals surface area contributed by atoms with Crippen LogP contribution in [0.4, 0.5) is 11.4 Å². The Morgan fingerprint density at radius 3 is 2.28 bits per heavy atom. The summed E-state index contributed by atoms with van der Waals surface area (Å²) in [5, 5.41) is 11.1. The summed E-state index contributed by atoms with van der Waals surface area (Å²) in [6, 6.07) is 17.5. The van der Waals surface area contributed by atoms with Crippen LogP contribution in [-0.4, -0.2) is 35.9 Å². The van der Waals surface area contributed by atoms with E-state index in [0.29, 0.717) is 16.8 Å². The highest BCUT2D eigenvalue weighted by molar-refractivity contribution is 6.51. The van der Waals surface area contributed by atoms with Crippen molar-refractivity contribution in [1.82, 2.24) is 4.98 Å². The number of aliphatic hydroxyl groups is 1. The number of aryl methyl sites for hydroxylation is 1. The van der Waals surface area contributed by atoms with Crippen molar-refractivity contribution in [3.63, 3.8) is 0 Å². The zero-order valence-corrected chi connectivity index (χ0v) is 18.3. The van der Waals surface area contributed by atoms with Gasteiger partial charge in [-0.25, -0.2) is 0 Å². The van der Waals surface area contributed by atoms with Crippen LogP contribution in [0, 0.1) is 0 Å². The van der Waals surface area contributed by atoms with Gasteiger partial charge in [0.15, 0.2) is 0 Å².